The summed E-state index contributed by atoms with van der Waals surface area (Å²) in [4.78, 5) is 1.33. The van der Waals surface area contributed by atoms with Crippen molar-refractivity contribution >= 4 is 23.4 Å². The molecule has 3 heteroatoms. The van der Waals surface area contributed by atoms with Gasteiger partial charge in [0.15, 0.2) is 0 Å². The fourth-order valence-corrected chi connectivity index (χ4v) is 3.30. The molecule has 0 bridgehead atoms. The predicted octanol–water partition coefficient (Wildman–Crippen LogP) is 4.96. The Labute approximate surface area is 137 Å². The second-order valence-electron chi connectivity index (χ2n) is 5.21. The molecule has 0 saturated heterocycles. The van der Waals surface area contributed by atoms with E-state index in [1.165, 1.54) is 16.0 Å². The summed E-state index contributed by atoms with van der Waals surface area (Å²) >= 11 is 7.85. The zero-order valence-electron chi connectivity index (χ0n) is 12.6. The first kappa shape index (κ1) is 16.4. The number of nitrogens with one attached hydrogen (secondary N) is 1. The lowest BCUT2D eigenvalue weighted by molar-refractivity contribution is 0.572. The molecular formula is C18H22ClNS. The molecule has 0 aliphatic rings. The minimum Gasteiger partial charge on any atom is -0.313 e. The van der Waals surface area contributed by atoms with Crippen LogP contribution in [0.15, 0.2) is 53.4 Å². The van der Waals surface area contributed by atoms with Gasteiger partial charge in [0, 0.05) is 21.7 Å². The van der Waals surface area contributed by atoms with Crippen LogP contribution in [0.4, 0.5) is 0 Å². The number of hydrogen-bond donors (Lipinski definition) is 1. The molecule has 2 aromatic carbocycles. The van der Waals surface area contributed by atoms with Gasteiger partial charge in [-0.05, 0) is 49.7 Å². The van der Waals surface area contributed by atoms with E-state index in [1.807, 2.05) is 23.9 Å². The van der Waals surface area contributed by atoms with Crippen molar-refractivity contribution < 1.29 is 0 Å². The molecule has 112 valence electrons. The van der Waals surface area contributed by atoms with Crippen LogP contribution >= 0.6 is 23.4 Å². The average Bonchev–Trinajstić information content (AvgIpc) is 2.49. The molecule has 0 radical (unpaired) electrons. The van der Waals surface area contributed by atoms with Crippen LogP contribution in [0.2, 0.25) is 5.02 Å². The molecule has 2 aromatic rings. The summed E-state index contributed by atoms with van der Waals surface area (Å²) in [6.07, 6.45) is 1.03. The molecule has 21 heavy (non-hydrogen) atoms. The van der Waals surface area contributed by atoms with Crippen molar-refractivity contribution in [3.05, 3.63) is 64.7 Å². The largest absolute Gasteiger partial charge is 0.313 e. The third kappa shape index (κ3) is 5.74. The molecule has 0 heterocycles. The van der Waals surface area contributed by atoms with E-state index in [0.29, 0.717) is 6.04 Å². The number of likely N-dealkylation sites (N-methyl/N-ethyl adjacent to an activating group) is 1. The van der Waals surface area contributed by atoms with Gasteiger partial charge in [-0.25, -0.2) is 0 Å². The Morgan fingerprint density at radius 3 is 2.33 bits per heavy atom. The van der Waals surface area contributed by atoms with Crippen molar-refractivity contribution in [2.24, 2.45) is 0 Å². The summed E-state index contributed by atoms with van der Waals surface area (Å²) < 4.78 is 0. The third-order valence-electron chi connectivity index (χ3n) is 3.36. The topological polar surface area (TPSA) is 12.0 Å². The highest BCUT2D eigenvalue weighted by Gasteiger charge is 2.09. The van der Waals surface area contributed by atoms with Gasteiger partial charge >= 0.3 is 0 Å². The van der Waals surface area contributed by atoms with Crippen molar-refractivity contribution in [2.75, 3.05) is 12.3 Å². The Morgan fingerprint density at radius 2 is 1.71 bits per heavy atom. The molecule has 0 aromatic heterocycles. The van der Waals surface area contributed by atoms with Crippen LogP contribution in [0.25, 0.3) is 0 Å². The van der Waals surface area contributed by atoms with E-state index < -0.39 is 0 Å². The van der Waals surface area contributed by atoms with Gasteiger partial charge in [0.2, 0.25) is 0 Å². The van der Waals surface area contributed by atoms with Crippen LogP contribution in [0, 0.1) is 6.92 Å². The Bertz CT molecular complexity index is 536. The number of halogens is 1. The molecule has 0 fully saturated rings. The van der Waals surface area contributed by atoms with Crippen LogP contribution in [-0.4, -0.2) is 18.3 Å². The normalized spacial score (nSPS) is 12.3. The van der Waals surface area contributed by atoms with Crippen LogP contribution in [0.1, 0.15) is 18.1 Å². The van der Waals surface area contributed by atoms with Crippen molar-refractivity contribution in [3.8, 4) is 0 Å². The fourth-order valence-electron chi connectivity index (χ4n) is 2.22. The van der Waals surface area contributed by atoms with E-state index in [2.05, 4.69) is 55.6 Å². The molecule has 0 saturated carbocycles. The highest BCUT2D eigenvalue weighted by Crippen LogP contribution is 2.20. The maximum atomic E-state index is 5.94. The Morgan fingerprint density at radius 1 is 1.05 bits per heavy atom. The highest BCUT2D eigenvalue weighted by molar-refractivity contribution is 7.99. The van der Waals surface area contributed by atoms with E-state index in [9.17, 15) is 0 Å². The molecule has 0 spiro atoms. The third-order valence-corrected chi connectivity index (χ3v) is 4.79. The molecule has 1 N–H and O–H groups in total. The lowest BCUT2D eigenvalue weighted by Gasteiger charge is -2.18. The maximum absolute atomic E-state index is 5.94. The van der Waals surface area contributed by atoms with E-state index in [4.69, 9.17) is 11.6 Å². The smallest absolute Gasteiger partial charge is 0.0406 e. The van der Waals surface area contributed by atoms with Gasteiger partial charge in [-0.2, -0.15) is 0 Å². The molecule has 0 aliphatic carbocycles. The zero-order chi connectivity index (χ0) is 15.1. The monoisotopic (exact) mass is 319 g/mol. The van der Waals surface area contributed by atoms with Gasteiger partial charge in [0.05, 0.1) is 0 Å². The van der Waals surface area contributed by atoms with Crippen molar-refractivity contribution in [1.82, 2.24) is 5.32 Å². The maximum Gasteiger partial charge on any atom is 0.0406 e. The molecule has 0 amide bonds. The minimum absolute atomic E-state index is 0.475. The van der Waals surface area contributed by atoms with Gasteiger partial charge in [-0.3, -0.25) is 0 Å². The van der Waals surface area contributed by atoms with Crippen LogP contribution in [0.3, 0.4) is 0 Å². The van der Waals surface area contributed by atoms with Crippen molar-refractivity contribution in [3.63, 3.8) is 0 Å². The van der Waals surface area contributed by atoms with Crippen molar-refractivity contribution in [2.45, 2.75) is 31.2 Å². The lowest BCUT2D eigenvalue weighted by atomic mass is 10.1. The quantitative estimate of drug-likeness (QED) is 0.724. The number of thioether (sulfide) groups is 1. The van der Waals surface area contributed by atoms with Gasteiger partial charge in [0.1, 0.15) is 0 Å². The van der Waals surface area contributed by atoms with Crippen LogP contribution < -0.4 is 5.32 Å². The number of hydrogen-bond acceptors (Lipinski definition) is 2. The summed E-state index contributed by atoms with van der Waals surface area (Å²) in [5, 5.41) is 4.37. The molecule has 1 atom stereocenters. The van der Waals surface area contributed by atoms with Gasteiger partial charge < -0.3 is 5.32 Å². The number of rotatable bonds is 7. The highest BCUT2D eigenvalue weighted by atomic mass is 35.5. The van der Waals surface area contributed by atoms with E-state index in [1.54, 1.807) is 0 Å². The van der Waals surface area contributed by atoms with E-state index in [0.717, 1.165) is 23.7 Å². The summed E-state index contributed by atoms with van der Waals surface area (Å²) in [6.45, 7) is 5.27. The minimum atomic E-state index is 0.475. The molecule has 0 aliphatic heterocycles. The first-order valence-corrected chi connectivity index (χ1v) is 8.71. The Kier molecular flexibility index (Phi) is 6.62. The fraction of sp³-hybridized carbons (Fsp3) is 0.333. The summed E-state index contributed by atoms with van der Waals surface area (Å²) in [6, 6.07) is 17.4. The van der Waals surface area contributed by atoms with Crippen molar-refractivity contribution in [1.29, 1.82) is 0 Å². The average molecular weight is 320 g/mol. The molecular weight excluding hydrogens is 298 g/mol. The van der Waals surface area contributed by atoms with E-state index in [-0.39, 0.29) is 0 Å². The predicted molar refractivity (Wildman–Crippen MR) is 94.5 cm³/mol. The zero-order valence-corrected chi connectivity index (χ0v) is 14.2. The second kappa shape index (κ2) is 8.47. The summed E-state index contributed by atoms with van der Waals surface area (Å²) in [7, 11) is 0. The van der Waals surface area contributed by atoms with E-state index >= 15 is 0 Å². The number of aryl methyl sites for hydroxylation is 1. The second-order valence-corrected chi connectivity index (χ2v) is 6.74. The van der Waals surface area contributed by atoms with Crippen LogP contribution in [-0.2, 0) is 6.42 Å². The Hall–Kier alpha value is -0.960. The summed E-state index contributed by atoms with van der Waals surface area (Å²) in [5.41, 5.74) is 2.64. The molecule has 2 rings (SSSR count). The SMILES string of the molecule is CCNC(CSc1ccc(C)cc1)Cc1ccc(Cl)cc1. The number of benzene rings is 2. The standard InChI is InChI=1S/C18H22ClNS/c1-3-20-17(12-15-6-8-16(19)9-7-15)13-21-18-10-4-14(2)5-11-18/h4-11,17,20H,3,12-13H2,1-2H3. The van der Waals surface area contributed by atoms with Crippen LogP contribution in [0.5, 0.6) is 0 Å². The summed E-state index contributed by atoms with van der Waals surface area (Å²) in [5.74, 6) is 1.07. The Balaban J connectivity index is 1.92. The molecule has 1 unspecified atom stereocenters. The first-order valence-electron chi connectivity index (χ1n) is 7.34. The first-order chi connectivity index (χ1) is 10.2. The van der Waals surface area contributed by atoms with Gasteiger partial charge in [0.25, 0.3) is 0 Å². The van der Waals surface area contributed by atoms with Gasteiger partial charge in [-0.15, -0.1) is 11.8 Å². The molecule has 1 nitrogen and oxygen atoms in total. The lowest BCUT2D eigenvalue weighted by Crippen LogP contribution is -2.33. The van der Waals surface area contributed by atoms with Gasteiger partial charge in [-0.1, -0.05) is 48.4 Å².